The van der Waals surface area contributed by atoms with Gasteiger partial charge in [-0.2, -0.15) is 0 Å². The number of piperazine rings is 1. The fraction of sp³-hybridized carbons (Fsp3) is 0.632. The summed E-state index contributed by atoms with van der Waals surface area (Å²) >= 11 is 5.97. The Hall–Kier alpha value is -1.30. The van der Waals surface area contributed by atoms with Crippen LogP contribution in [0.3, 0.4) is 0 Å². The van der Waals surface area contributed by atoms with Crippen molar-refractivity contribution in [2.45, 2.75) is 32.2 Å². The number of aryl methyl sites for hydroxylation is 1. The summed E-state index contributed by atoms with van der Waals surface area (Å²) in [4.78, 5) is 17.1. The molecule has 0 bridgehead atoms. The molecule has 1 atom stereocenters. The van der Waals surface area contributed by atoms with Gasteiger partial charge in [0.1, 0.15) is 12.4 Å². The third kappa shape index (κ3) is 4.46. The molecule has 1 amide bonds. The van der Waals surface area contributed by atoms with Crippen LogP contribution in [0.4, 0.5) is 0 Å². The molecule has 2 heterocycles. The van der Waals surface area contributed by atoms with E-state index in [1.54, 1.807) is 0 Å². The highest BCUT2D eigenvalue weighted by Crippen LogP contribution is 2.23. The minimum absolute atomic E-state index is 0.262. The second kappa shape index (κ2) is 7.94. The van der Waals surface area contributed by atoms with Gasteiger partial charge in [-0.3, -0.25) is 9.69 Å². The zero-order chi connectivity index (χ0) is 17.9. The van der Waals surface area contributed by atoms with Crippen molar-refractivity contribution in [2.24, 2.45) is 0 Å². The lowest BCUT2D eigenvalue weighted by Crippen LogP contribution is -2.58. The average molecular weight is 366 g/mol. The van der Waals surface area contributed by atoms with E-state index in [4.69, 9.17) is 16.3 Å². The van der Waals surface area contributed by atoms with Gasteiger partial charge in [0.25, 0.3) is 0 Å². The number of nitrogens with zero attached hydrogens (tertiary/aromatic N) is 2. The Kier molecular flexibility index (Phi) is 5.87. The van der Waals surface area contributed by atoms with Crippen LogP contribution in [0.2, 0.25) is 5.02 Å². The second-order valence-corrected chi connectivity index (χ2v) is 7.69. The molecule has 2 saturated heterocycles. The van der Waals surface area contributed by atoms with E-state index in [2.05, 4.69) is 10.2 Å². The van der Waals surface area contributed by atoms with Gasteiger partial charge in [0.05, 0.1) is 5.54 Å². The van der Waals surface area contributed by atoms with Gasteiger partial charge in [0.2, 0.25) is 5.91 Å². The zero-order valence-corrected chi connectivity index (χ0v) is 15.9. The van der Waals surface area contributed by atoms with E-state index in [9.17, 15) is 4.79 Å². The monoisotopic (exact) mass is 365 g/mol. The molecule has 2 aliphatic rings. The molecule has 0 spiro atoms. The maximum atomic E-state index is 12.7. The number of benzene rings is 1. The smallest absolute Gasteiger partial charge is 0.242 e. The minimum atomic E-state index is -0.350. The number of halogens is 1. The highest BCUT2D eigenvalue weighted by Gasteiger charge is 2.39. The average Bonchev–Trinajstić information content (AvgIpc) is 3.05. The van der Waals surface area contributed by atoms with Crippen LogP contribution in [0, 0.1) is 6.92 Å². The first-order chi connectivity index (χ1) is 12.0. The topological polar surface area (TPSA) is 44.8 Å². The van der Waals surface area contributed by atoms with Gasteiger partial charge in [-0.25, -0.2) is 0 Å². The summed E-state index contributed by atoms with van der Waals surface area (Å²) in [5, 5.41) is 4.10. The molecule has 1 N–H and O–H groups in total. The van der Waals surface area contributed by atoms with Crippen LogP contribution in [0.25, 0.3) is 0 Å². The summed E-state index contributed by atoms with van der Waals surface area (Å²) in [6.45, 7) is 9.93. The highest BCUT2D eigenvalue weighted by atomic mass is 35.5. The van der Waals surface area contributed by atoms with E-state index in [1.807, 2.05) is 36.9 Å². The summed E-state index contributed by atoms with van der Waals surface area (Å²) in [5.41, 5.74) is 0.706. The van der Waals surface area contributed by atoms with Crippen molar-refractivity contribution in [1.29, 1.82) is 0 Å². The van der Waals surface area contributed by atoms with Crippen LogP contribution < -0.4 is 10.1 Å². The standard InChI is InChI=1S/C19H28ClN3O2/c1-15-14-16(20)4-5-17(15)25-13-12-22-8-10-23(11-9-22)18(24)19(2)6-3-7-21-19/h4-5,14,21H,3,6-13H2,1-2H3. The fourth-order valence-electron chi connectivity index (χ4n) is 3.66. The van der Waals surface area contributed by atoms with E-state index in [-0.39, 0.29) is 11.4 Å². The Morgan fingerprint density at radius 2 is 2.08 bits per heavy atom. The predicted molar refractivity (Wildman–Crippen MR) is 100 cm³/mol. The lowest BCUT2D eigenvalue weighted by molar-refractivity contribution is -0.139. The van der Waals surface area contributed by atoms with E-state index in [0.717, 1.165) is 68.4 Å². The van der Waals surface area contributed by atoms with E-state index < -0.39 is 0 Å². The van der Waals surface area contributed by atoms with E-state index in [1.165, 1.54) is 0 Å². The van der Waals surface area contributed by atoms with Gasteiger partial charge < -0.3 is 15.0 Å². The van der Waals surface area contributed by atoms with Crippen molar-refractivity contribution in [1.82, 2.24) is 15.1 Å². The summed E-state index contributed by atoms with van der Waals surface area (Å²) in [6.07, 6.45) is 2.03. The molecule has 1 aromatic rings. The minimum Gasteiger partial charge on any atom is -0.492 e. The van der Waals surface area contributed by atoms with Crippen LogP contribution in [0.1, 0.15) is 25.3 Å². The lowest BCUT2D eigenvalue weighted by Gasteiger charge is -2.38. The van der Waals surface area contributed by atoms with Gasteiger partial charge >= 0.3 is 0 Å². The molecular weight excluding hydrogens is 338 g/mol. The molecule has 1 aromatic carbocycles. The van der Waals surface area contributed by atoms with Crippen molar-refractivity contribution in [3.8, 4) is 5.75 Å². The molecule has 25 heavy (non-hydrogen) atoms. The molecule has 0 radical (unpaired) electrons. The third-order valence-corrected chi connectivity index (χ3v) is 5.54. The van der Waals surface area contributed by atoms with Crippen LogP contribution in [0.15, 0.2) is 18.2 Å². The molecule has 1 unspecified atom stereocenters. The SMILES string of the molecule is Cc1cc(Cl)ccc1OCCN1CCN(C(=O)C2(C)CCCN2)CC1. The number of rotatable bonds is 5. The third-order valence-electron chi connectivity index (χ3n) is 5.30. The Labute approximate surface area is 155 Å². The quantitative estimate of drug-likeness (QED) is 0.869. The van der Waals surface area contributed by atoms with Gasteiger partial charge in [-0.15, -0.1) is 0 Å². The maximum absolute atomic E-state index is 12.7. The highest BCUT2D eigenvalue weighted by molar-refractivity contribution is 6.30. The molecule has 2 aliphatic heterocycles. The molecular formula is C19H28ClN3O2. The molecule has 2 fully saturated rings. The Morgan fingerprint density at radius 3 is 2.72 bits per heavy atom. The molecule has 138 valence electrons. The molecule has 6 heteroatoms. The number of nitrogens with one attached hydrogen (secondary N) is 1. The molecule has 0 aromatic heterocycles. The fourth-order valence-corrected chi connectivity index (χ4v) is 3.89. The van der Waals surface area contributed by atoms with Crippen LogP contribution in [-0.2, 0) is 4.79 Å². The Balaban J connectivity index is 1.41. The van der Waals surface area contributed by atoms with Gasteiger partial charge in [0, 0.05) is 37.7 Å². The van der Waals surface area contributed by atoms with Crippen molar-refractivity contribution < 1.29 is 9.53 Å². The van der Waals surface area contributed by atoms with Crippen molar-refractivity contribution >= 4 is 17.5 Å². The largest absolute Gasteiger partial charge is 0.492 e. The van der Waals surface area contributed by atoms with Crippen molar-refractivity contribution in [2.75, 3.05) is 45.9 Å². The number of hydrogen-bond donors (Lipinski definition) is 1. The van der Waals surface area contributed by atoms with E-state index >= 15 is 0 Å². The summed E-state index contributed by atoms with van der Waals surface area (Å²) in [5.74, 6) is 1.15. The first-order valence-corrected chi connectivity index (χ1v) is 9.51. The molecule has 5 nitrogen and oxygen atoms in total. The number of carbonyl (C=O) groups excluding carboxylic acids is 1. The second-order valence-electron chi connectivity index (χ2n) is 7.25. The zero-order valence-electron chi connectivity index (χ0n) is 15.2. The van der Waals surface area contributed by atoms with Crippen LogP contribution in [0.5, 0.6) is 5.75 Å². The number of amides is 1. The van der Waals surface area contributed by atoms with E-state index in [0.29, 0.717) is 6.61 Å². The Bertz CT molecular complexity index is 609. The van der Waals surface area contributed by atoms with Crippen LogP contribution in [-0.4, -0.2) is 67.1 Å². The van der Waals surface area contributed by atoms with Gasteiger partial charge in [0.15, 0.2) is 0 Å². The number of ether oxygens (including phenoxy) is 1. The predicted octanol–water partition coefficient (Wildman–Crippen LogP) is 2.31. The van der Waals surface area contributed by atoms with Crippen LogP contribution >= 0.6 is 11.6 Å². The first-order valence-electron chi connectivity index (χ1n) is 9.14. The summed E-state index contributed by atoms with van der Waals surface area (Å²) < 4.78 is 5.88. The molecule has 3 rings (SSSR count). The first kappa shape index (κ1) is 18.5. The normalized spacial score (nSPS) is 24.5. The summed E-state index contributed by atoms with van der Waals surface area (Å²) in [7, 11) is 0. The number of hydrogen-bond acceptors (Lipinski definition) is 4. The maximum Gasteiger partial charge on any atom is 0.242 e. The van der Waals surface area contributed by atoms with Crippen molar-refractivity contribution in [3.63, 3.8) is 0 Å². The number of carbonyl (C=O) groups is 1. The van der Waals surface area contributed by atoms with Gasteiger partial charge in [-0.1, -0.05) is 11.6 Å². The van der Waals surface area contributed by atoms with Crippen molar-refractivity contribution in [3.05, 3.63) is 28.8 Å². The Morgan fingerprint density at radius 1 is 1.32 bits per heavy atom. The molecule has 0 aliphatic carbocycles. The summed E-state index contributed by atoms with van der Waals surface area (Å²) in [6, 6.07) is 5.69. The molecule has 0 saturated carbocycles. The lowest BCUT2D eigenvalue weighted by atomic mass is 9.98. The van der Waals surface area contributed by atoms with Gasteiger partial charge in [-0.05, 0) is 57.0 Å².